The third-order valence-electron chi connectivity index (χ3n) is 5.22. The summed E-state index contributed by atoms with van der Waals surface area (Å²) in [5, 5.41) is 4.72. The standard InChI is InChI=1S/C22H25ClN4O5/c1-5-31-17-7-6-12(8-14(17)23)15-11-16(26-25-15)22-24-21(27-32-22)13-9-18(28-2)20(30-4)19(10-13)29-3/h6-10,15-16,25-26H,5,11H2,1-4H3. The summed E-state index contributed by atoms with van der Waals surface area (Å²) >= 11 is 6.34. The van der Waals surface area contributed by atoms with Gasteiger partial charge in [0.25, 0.3) is 0 Å². The van der Waals surface area contributed by atoms with Gasteiger partial charge in [-0.3, -0.25) is 0 Å². The second kappa shape index (κ2) is 9.64. The first-order valence-corrected chi connectivity index (χ1v) is 10.5. The van der Waals surface area contributed by atoms with Crippen molar-refractivity contribution in [1.29, 1.82) is 0 Å². The molecule has 0 saturated carbocycles. The molecule has 2 atom stereocenters. The number of nitrogens with zero attached hydrogens (tertiary/aromatic N) is 2. The van der Waals surface area contributed by atoms with Gasteiger partial charge in [-0.25, -0.2) is 10.9 Å². The summed E-state index contributed by atoms with van der Waals surface area (Å²) in [4.78, 5) is 4.57. The van der Waals surface area contributed by atoms with E-state index in [2.05, 4.69) is 21.0 Å². The molecule has 1 aliphatic rings. The highest BCUT2D eigenvalue weighted by Gasteiger charge is 2.31. The van der Waals surface area contributed by atoms with Crippen molar-refractivity contribution < 1.29 is 23.5 Å². The summed E-state index contributed by atoms with van der Waals surface area (Å²) in [6, 6.07) is 9.21. The lowest BCUT2D eigenvalue weighted by Gasteiger charge is -2.12. The summed E-state index contributed by atoms with van der Waals surface area (Å²) < 4.78 is 27.2. The molecule has 0 spiro atoms. The molecule has 4 rings (SSSR count). The van der Waals surface area contributed by atoms with Crippen molar-refractivity contribution in [2.24, 2.45) is 0 Å². The van der Waals surface area contributed by atoms with Crippen LogP contribution in [0.4, 0.5) is 0 Å². The molecule has 170 valence electrons. The largest absolute Gasteiger partial charge is 0.493 e. The van der Waals surface area contributed by atoms with Crippen LogP contribution in [0, 0.1) is 0 Å². The summed E-state index contributed by atoms with van der Waals surface area (Å²) in [5.41, 5.74) is 8.22. The van der Waals surface area contributed by atoms with Crippen molar-refractivity contribution in [3.8, 4) is 34.4 Å². The number of hydrazine groups is 1. The third-order valence-corrected chi connectivity index (χ3v) is 5.52. The molecule has 2 N–H and O–H groups in total. The van der Waals surface area contributed by atoms with E-state index in [9.17, 15) is 0 Å². The zero-order valence-electron chi connectivity index (χ0n) is 18.3. The average Bonchev–Trinajstić information content (AvgIpc) is 3.49. The van der Waals surface area contributed by atoms with Gasteiger partial charge in [-0.1, -0.05) is 22.8 Å². The van der Waals surface area contributed by atoms with Crippen LogP contribution in [0.2, 0.25) is 5.02 Å². The van der Waals surface area contributed by atoms with Crippen molar-refractivity contribution in [3.63, 3.8) is 0 Å². The van der Waals surface area contributed by atoms with Crippen LogP contribution in [0.5, 0.6) is 23.0 Å². The monoisotopic (exact) mass is 460 g/mol. The van der Waals surface area contributed by atoms with Gasteiger partial charge < -0.3 is 23.5 Å². The van der Waals surface area contributed by atoms with Crippen LogP contribution >= 0.6 is 11.6 Å². The molecule has 1 fully saturated rings. The first kappa shape index (κ1) is 22.2. The zero-order chi connectivity index (χ0) is 22.7. The van der Waals surface area contributed by atoms with Crippen LogP contribution < -0.4 is 29.8 Å². The highest BCUT2D eigenvalue weighted by Crippen LogP contribution is 2.41. The summed E-state index contributed by atoms with van der Waals surface area (Å²) in [5.74, 6) is 3.10. The van der Waals surface area contributed by atoms with Gasteiger partial charge in [-0.2, -0.15) is 4.98 Å². The second-order valence-corrected chi connectivity index (χ2v) is 7.53. The number of aromatic nitrogens is 2. The van der Waals surface area contributed by atoms with E-state index in [1.807, 2.05) is 25.1 Å². The minimum atomic E-state index is -0.159. The van der Waals surface area contributed by atoms with Crippen molar-refractivity contribution in [3.05, 3.63) is 46.8 Å². The molecule has 1 aliphatic heterocycles. The summed E-state index contributed by atoms with van der Waals surface area (Å²) in [7, 11) is 4.67. The highest BCUT2D eigenvalue weighted by atomic mass is 35.5. The van der Waals surface area contributed by atoms with E-state index < -0.39 is 0 Å². The Morgan fingerprint density at radius 2 is 1.72 bits per heavy atom. The number of ether oxygens (including phenoxy) is 4. The maximum Gasteiger partial charge on any atom is 0.245 e. The number of halogens is 1. The number of methoxy groups -OCH3 is 3. The molecule has 0 amide bonds. The Labute approximate surface area is 190 Å². The lowest BCUT2D eigenvalue weighted by atomic mass is 10.0. The molecular formula is C22H25ClN4O5. The second-order valence-electron chi connectivity index (χ2n) is 7.12. The Kier molecular flexibility index (Phi) is 6.69. The number of rotatable bonds is 8. The van der Waals surface area contributed by atoms with Crippen LogP contribution in [0.1, 0.15) is 36.9 Å². The van der Waals surface area contributed by atoms with Crippen molar-refractivity contribution in [2.45, 2.75) is 25.4 Å². The molecule has 0 bridgehead atoms. The lowest BCUT2D eigenvalue weighted by Crippen LogP contribution is -2.26. The summed E-state index contributed by atoms with van der Waals surface area (Å²) in [6.07, 6.45) is 0.710. The van der Waals surface area contributed by atoms with Gasteiger partial charge in [0.05, 0.1) is 33.0 Å². The maximum atomic E-state index is 6.34. The Morgan fingerprint density at radius 1 is 1.00 bits per heavy atom. The lowest BCUT2D eigenvalue weighted by molar-refractivity contribution is 0.324. The average molecular weight is 461 g/mol. The van der Waals surface area contributed by atoms with Crippen molar-refractivity contribution >= 4 is 11.6 Å². The fourth-order valence-corrected chi connectivity index (χ4v) is 3.89. The van der Waals surface area contributed by atoms with Gasteiger partial charge in [-0.15, -0.1) is 0 Å². The van der Waals surface area contributed by atoms with Crippen LogP contribution in [0.3, 0.4) is 0 Å². The normalized spacial score (nSPS) is 17.9. The van der Waals surface area contributed by atoms with Crippen molar-refractivity contribution in [2.75, 3.05) is 27.9 Å². The summed E-state index contributed by atoms with van der Waals surface area (Å²) in [6.45, 7) is 2.49. The molecule has 1 aromatic heterocycles. The van der Waals surface area contributed by atoms with Gasteiger partial charge in [-0.05, 0) is 43.2 Å². The third kappa shape index (κ3) is 4.32. The number of benzene rings is 2. The van der Waals surface area contributed by atoms with Gasteiger partial charge in [0.1, 0.15) is 11.8 Å². The molecule has 2 heterocycles. The van der Waals surface area contributed by atoms with Gasteiger partial charge in [0.2, 0.25) is 17.5 Å². The van der Waals surface area contributed by atoms with E-state index in [1.54, 1.807) is 33.5 Å². The quantitative estimate of drug-likeness (QED) is 0.514. The van der Waals surface area contributed by atoms with Crippen LogP contribution in [0.25, 0.3) is 11.4 Å². The smallest absolute Gasteiger partial charge is 0.245 e. The minimum absolute atomic E-state index is 0.0321. The zero-order valence-corrected chi connectivity index (χ0v) is 19.0. The fraction of sp³-hybridized carbons (Fsp3) is 0.364. The van der Waals surface area contributed by atoms with E-state index in [1.165, 1.54) is 0 Å². The first-order valence-electron chi connectivity index (χ1n) is 10.1. The first-order chi connectivity index (χ1) is 15.6. The van der Waals surface area contributed by atoms with E-state index in [0.717, 1.165) is 5.56 Å². The number of hydrogen-bond acceptors (Lipinski definition) is 9. The van der Waals surface area contributed by atoms with E-state index in [4.69, 9.17) is 35.1 Å². The molecule has 0 aliphatic carbocycles. The van der Waals surface area contributed by atoms with Crippen molar-refractivity contribution in [1.82, 2.24) is 21.0 Å². The molecule has 0 radical (unpaired) electrons. The SMILES string of the molecule is CCOc1ccc(C2CC(c3nc(-c4cc(OC)c(OC)c(OC)c4)no3)NN2)cc1Cl. The Balaban J connectivity index is 1.52. The van der Waals surface area contributed by atoms with E-state index in [-0.39, 0.29) is 12.1 Å². The number of nitrogens with one attached hydrogen (secondary N) is 2. The molecular weight excluding hydrogens is 436 g/mol. The number of hydrogen-bond donors (Lipinski definition) is 2. The van der Waals surface area contributed by atoms with Gasteiger partial charge in [0.15, 0.2) is 11.5 Å². The van der Waals surface area contributed by atoms with E-state index in [0.29, 0.717) is 58.3 Å². The molecule has 2 unspecified atom stereocenters. The van der Waals surface area contributed by atoms with E-state index >= 15 is 0 Å². The maximum absolute atomic E-state index is 6.34. The molecule has 10 heteroatoms. The molecule has 9 nitrogen and oxygen atoms in total. The fourth-order valence-electron chi connectivity index (χ4n) is 3.65. The van der Waals surface area contributed by atoms with Gasteiger partial charge >= 0.3 is 0 Å². The topological polar surface area (TPSA) is 99.9 Å². The molecule has 32 heavy (non-hydrogen) atoms. The Hall–Kier alpha value is -3.01. The van der Waals surface area contributed by atoms with Gasteiger partial charge in [0, 0.05) is 11.6 Å². The highest BCUT2D eigenvalue weighted by molar-refractivity contribution is 6.32. The predicted molar refractivity (Wildman–Crippen MR) is 118 cm³/mol. The van der Waals surface area contributed by atoms with Crippen LogP contribution in [-0.4, -0.2) is 38.1 Å². The Morgan fingerprint density at radius 3 is 2.34 bits per heavy atom. The van der Waals surface area contributed by atoms with Crippen LogP contribution in [0.15, 0.2) is 34.9 Å². The minimum Gasteiger partial charge on any atom is -0.493 e. The molecule has 1 saturated heterocycles. The molecule has 3 aromatic rings. The predicted octanol–water partition coefficient (Wildman–Crippen LogP) is 4.09. The Bertz CT molecular complexity index is 1060. The van der Waals surface area contributed by atoms with Crippen LogP contribution in [-0.2, 0) is 0 Å². The molecule has 2 aromatic carbocycles.